The van der Waals surface area contributed by atoms with Crippen molar-refractivity contribution in [2.24, 2.45) is 0 Å². The van der Waals surface area contributed by atoms with E-state index in [1.54, 1.807) is 0 Å². The van der Waals surface area contributed by atoms with Crippen LogP contribution in [-0.2, 0) is 14.4 Å². The summed E-state index contributed by atoms with van der Waals surface area (Å²) in [6.45, 7) is 0. The first-order valence-corrected chi connectivity index (χ1v) is 3.22. The summed E-state index contributed by atoms with van der Waals surface area (Å²) in [6.07, 6.45) is -4.75. The molecule has 0 saturated carbocycles. The van der Waals surface area contributed by atoms with Gasteiger partial charge in [-0.05, 0) is 12.0 Å². The molecule has 0 bridgehead atoms. The standard InChI is InChI=1S/C6H7O8.2K.Mg/c7-2(8)1-6(14,5(12)13)3(9)4(10)11;;;/h3,9H,1H2,(H,7,8)(H,10,11)(H,12,13);;;/q-1;2*+1;+2/p-3. The number of aliphatic carboxylic acids is 3. The zero-order chi connectivity index (χ0) is 11.5. The van der Waals surface area contributed by atoms with Crippen LogP contribution < -0.4 is 123 Å². The van der Waals surface area contributed by atoms with Crippen molar-refractivity contribution in [3.05, 3.63) is 0 Å². The Balaban J connectivity index is -0.000000282. The number of aliphatic hydroxyl groups is 1. The molecule has 0 radical (unpaired) electrons. The van der Waals surface area contributed by atoms with Crippen molar-refractivity contribution in [1.82, 2.24) is 0 Å². The first-order chi connectivity index (χ1) is 6.21. The van der Waals surface area contributed by atoms with E-state index in [-0.39, 0.29) is 126 Å². The molecular formula is C6H4K2MgO8. The van der Waals surface area contributed by atoms with Crippen LogP contribution in [0.4, 0.5) is 0 Å². The van der Waals surface area contributed by atoms with E-state index >= 15 is 0 Å². The predicted octanol–water partition coefficient (Wildman–Crippen LogP) is -13.3. The van der Waals surface area contributed by atoms with Gasteiger partial charge in [-0.2, -0.15) is 0 Å². The van der Waals surface area contributed by atoms with Gasteiger partial charge >= 0.3 is 126 Å². The maximum atomic E-state index is 11.0. The van der Waals surface area contributed by atoms with Crippen molar-refractivity contribution >= 4 is 41.0 Å². The number of hydrogen-bond donors (Lipinski definition) is 1. The Bertz CT molecular complexity index is 285. The van der Waals surface area contributed by atoms with Crippen molar-refractivity contribution < 1.29 is 143 Å². The van der Waals surface area contributed by atoms with E-state index < -0.39 is 36.0 Å². The zero-order valence-electron chi connectivity index (χ0n) is 9.30. The van der Waals surface area contributed by atoms with Gasteiger partial charge in [0.2, 0.25) is 0 Å². The molecular weight excluding hydrogens is 303 g/mol. The molecule has 0 saturated heterocycles. The number of carboxylic acids is 3. The van der Waals surface area contributed by atoms with E-state index in [4.69, 9.17) is 5.11 Å². The van der Waals surface area contributed by atoms with Crippen LogP contribution in [0.3, 0.4) is 0 Å². The molecule has 0 heterocycles. The van der Waals surface area contributed by atoms with Gasteiger partial charge in [-0.15, -0.1) is 0 Å². The van der Waals surface area contributed by atoms with E-state index in [1.165, 1.54) is 0 Å². The summed E-state index contributed by atoms with van der Waals surface area (Å²) in [4.78, 5) is 30.0. The quantitative estimate of drug-likeness (QED) is 0.489. The molecule has 17 heavy (non-hydrogen) atoms. The fourth-order valence-electron chi connectivity index (χ4n) is 0.685. The molecule has 2 unspecified atom stereocenters. The Kier molecular flexibility index (Phi) is 19.8. The third kappa shape index (κ3) is 9.01. The second kappa shape index (κ2) is 12.1. The Labute approximate surface area is 197 Å². The molecule has 0 fully saturated rings. The first kappa shape index (κ1) is 27.7. The first-order valence-electron chi connectivity index (χ1n) is 3.22. The average molecular weight is 307 g/mol. The molecule has 0 aliphatic rings. The Morgan fingerprint density at radius 1 is 1.12 bits per heavy atom. The third-order valence-corrected chi connectivity index (χ3v) is 1.42. The molecule has 0 amide bonds. The van der Waals surface area contributed by atoms with Crippen molar-refractivity contribution in [1.29, 1.82) is 0 Å². The van der Waals surface area contributed by atoms with Crippen molar-refractivity contribution in [3.63, 3.8) is 0 Å². The smallest absolute Gasteiger partial charge is 0.843 e. The minimum atomic E-state index is -3.71. The van der Waals surface area contributed by atoms with Gasteiger partial charge in [0.15, 0.2) is 0 Å². The monoisotopic (exact) mass is 306 g/mol. The maximum absolute atomic E-state index is 11.0. The summed E-state index contributed by atoms with van der Waals surface area (Å²) >= 11 is 0. The second-order valence-corrected chi connectivity index (χ2v) is 2.45. The van der Waals surface area contributed by atoms with Gasteiger partial charge in [-0.1, -0.05) is 0 Å². The SMILES string of the molecule is O=C([O-])CC([O-])(C(=O)[O-])C(O)C(=O)[O-].[K+].[K+].[Mg+2]. The van der Waals surface area contributed by atoms with Crippen LogP contribution >= 0.6 is 0 Å². The number of aliphatic hydroxyl groups excluding tert-OH is 1. The number of hydrogen-bond acceptors (Lipinski definition) is 8. The number of carbonyl (C=O) groups is 3. The Morgan fingerprint density at radius 2 is 1.47 bits per heavy atom. The number of carbonyl (C=O) groups excluding carboxylic acids is 3. The fraction of sp³-hybridized carbons (Fsp3) is 0.500. The van der Waals surface area contributed by atoms with Crippen LogP contribution in [0, 0.1) is 0 Å². The molecule has 1 N–H and O–H groups in total. The van der Waals surface area contributed by atoms with Crippen molar-refractivity contribution in [3.8, 4) is 0 Å². The molecule has 0 aromatic carbocycles. The van der Waals surface area contributed by atoms with Gasteiger partial charge in [0.25, 0.3) is 0 Å². The molecule has 0 aromatic heterocycles. The van der Waals surface area contributed by atoms with E-state index in [0.29, 0.717) is 0 Å². The largest absolute Gasteiger partial charge is 2.00 e. The van der Waals surface area contributed by atoms with Gasteiger partial charge in [0.05, 0.1) is 12.1 Å². The molecule has 2 atom stereocenters. The Hall–Kier alpha value is 2.37. The van der Waals surface area contributed by atoms with Gasteiger partial charge in [-0.25, -0.2) is 0 Å². The molecule has 0 aromatic rings. The summed E-state index contributed by atoms with van der Waals surface area (Å²) in [5.41, 5.74) is -3.71. The van der Waals surface area contributed by atoms with Crippen LogP contribution in [0.15, 0.2) is 0 Å². The van der Waals surface area contributed by atoms with E-state index in [1.807, 2.05) is 0 Å². The molecule has 0 aliphatic heterocycles. The van der Waals surface area contributed by atoms with Crippen LogP contribution in [0.5, 0.6) is 0 Å². The summed E-state index contributed by atoms with van der Waals surface area (Å²) in [7, 11) is 0. The van der Waals surface area contributed by atoms with Crippen molar-refractivity contribution in [2.45, 2.75) is 18.1 Å². The van der Waals surface area contributed by atoms with Gasteiger partial charge in [-0.3, -0.25) is 0 Å². The van der Waals surface area contributed by atoms with E-state index in [0.717, 1.165) is 0 Å². The number of rotatable bonds is 5. The summed E-state index contributed by atoms with van der Waals surface area (Å²) in [5.74, 6) is -7.08. The van der Waals surface area contributed by atoms with E-state index in [2.05, 4.69) is 0 Å². The molecule has 80 valence electrons. The summed E-state index contributed by atoms with van der Waals surface area (Å²) in [6, 6.07) is 0. The van der Waals surface area contributed by atoms with Crippen LogP contribution in [0.2, 0.25) is 0 Å². The zero-order valence-corrected chi connectivity index (χ0v) is 17.0. The number of carboxylic acid groups (broad SMARTS) is 3. The molecule has 0 aliphatic carbocycles. The molecule has 0 spiro atoms. The minimum Gasteiger partial charge on any atom is -0.843 e. The van der Waals surface area contributed by atoms with E-state index in [9.17, 15) is 34.8 Å². The van der Waals surface area contributed by atoms with Gasteiger partial charge < -0.3 is 39.9 Å². The second-order valence-electron chi connectivity index (χ2n) is 2.45. The molecule has 0 rings (SSSR count). The predicted molar refractivity (Wildman–Crippen MR) is 34.1 cm³/mol. The topological polar surface area (TPSA) is 164 Å². The summed E-state index contributed by atoms with van der Waals surface area (Å²) < 4.78 is 0. The molecule has 11 heteroatoms. The normalized spacial score (nSPS) is 13.8. The minimum absolute atomic E-state index is 0. The van der Waals surface area contributed by atoms with Crippen molar-refractivity contribution in [2.75, 3.05) is 0 Å². The maximum Gasteiger partial charge on any atom is 2.00 e. The van der Waals surface area contributed by atoms with Gasteiger partial charge in [0, 0.05) is 11.9 Å². The van der Waals surface area contributed by atoms with Crippen LogP contribution in [0.25, 0.3) is 0 Å². The van der Waals surface area contributed by atoms with Gasteiger partial charge in [0.1, 0.15) is 0 Å². The molecule has 8 nitrogen and oxygen atoms in total. The fourth-order valence-corrected chi connectivity index (χ4v) is 0.685. The van der Waals surface area contributed by atoms with Crippen LogP contribution in [0.1, 0.15) is 6.42 Å². The van der Waals surface area contributed by atoms with Crippen LogP contribution in [-0.4, -0.2) is 57.8 Å². The average Bonchev–Trinajstić information content (AvgIpc) is 2.00. The summed E-state index contributed by atoms with van der Waals surface area (Å²) in [5, 5.41) is 49.6. The third-order valence-electron chi connectivity index (χ3n) is 1.42. The Morgan fingerprint density at radius 3 is 1.65 bits per heavy atom.